The highest BCUT2D eigenvalue weighted by atomic mass is 19.4. The molecule has 23 heavy (non-hydrogen) atoms. The van der Waals surface area contributed by atoms with Crippen molar-refractivity contribution >= 4 is 17.8 Å². The largest absolute Gasteiger partial charge is 0.434 e. The monoisotopic (exact) mass is 327 g/mol. The molecule has 0 atom stereocenters. The molecule has 0 saturated carbocycles. The number of imidazole rings is 1. The fourth-order valence-electron chi connectivity index (χ4n) is 1.73. The first-order chi connectivity index (χ1) is 10.7. The summed E-state index contributed by atoms with van der Waals surface area (Å²) >= 11 is 0. The Balaban J connectivity index is 2.13. The number of carbonyl (C=O) groups is 2. The van der Waals surface area contributed by atoms with E-state index in [2.05, 4.69) is 10.3 Å². The molecule has 0 saturated heterocycles. The lowest BCUT2D eigenvalue weighted by Gasteiger charge is -2.06. The highest BCUT2D eigenvalue weighted by Crippen LogP contribution is 2.29. The Hall–Kier alpha value is -2.84. The Kier molecular flexibility index (Phi) is 4.39. The number of esters is 1. The van der Waals surface area contributed by atoms with E-state index < -0.39 is 23.7 Å². The van der Waals surface area contributed by atoms with Gasteiger partial charge in [-0.15, -0.1) is 0 Å². The van der Waals surface area contributed by atoms with E-state index in [0.717, 1.165) is 10.8 Å². The van der Waals surface area contributed by atoms with Crippen LogP contribution < -0.4 is 10.1 Å². The van der Waals surface area contributed by atoms with Crippen molar-refractivity contribution in [2.45, 2.75) is 13.1 Å². The van der Waals surface area contributed by atoms with E-state index in [1.54, 1.807) is 0 Å². The van der Waals surface area contributed by atoms with E-state index in [1.807, 2.05) is 0 Å². The van der Waals surface area contributed by atoms with E-state index in [0.29, 0.717) is 0 Å². The second kappa shape index (κ2) is 6.11. The van der Waals surface area contributed by atoms with Crippen molar-refractivity contribution in [3.05, 3.63) is 41.7 Å². The fourth-order valence-corrected chi connectivity index (χ4v) is 1.73. The number of aryl methyl sites for hydroxylation is 1. The average molecular weight is 327 g/mol. The van der Waals surface area contributed by atoms with Crippen molar-refractivity contribution in [2.24, 2.45) is 7.05 Å². The quantitative estimate of drug-likeness (QED) is 0.695. The number of halogens is 3. The van der Waals surface area contributed by atoms with Gasteiger partial charge in [0, 0.05) is 25.7 Å². The normalized spacial score (nSPS) is 11.2. The summed E-state index contributed by atoms with van der Waals surface area (Å²) in [5, 5.41) is 2.28. The molecule has 0 fully saturated rings. The zero-order chi connectivity index (χ0) is 17.2. The van der Waals surface area contributed by atoms with Gasteiger partial charge >= 0.3 is 12.1 Å². The Morgan fingerprint density at radius 1 is 1.22 bits per heavy atom. The van der Waals surface area contributed by atoms with E-state index in [-0.39, 0.29) is 17.3 Å². The summed E-state index contributed by atoms with van der Waals surface area (Å²) in [6, 6.07) is 5.55. The lowest BCUT2D eigenvalue weighted by molar-refractivity contribution is -0.141. The summed E-state index contributed by atoms with van der Waals surface area (Å²) < 4.78 is 43.6. The van der Waals surface area contributed by atoms with Crippen molar-refractivity contribution in [2.75, 3.05) is 5.32 Å². The van der Waals surface area contributed by atoms with Gasteiger partial charge in [0.15, 0.2) is 5.69 Å². The van der Waals surface area contributed by atoms with Crippen LogP contribution in [-0.4, -0.2) is 21.4 Å². The molecule has 2 aromatic rings. The topological polar surface area (TPSA) is 73.2 Å². The molecular weight excluding hydrogens is 315 g/mol. The first kappa shape index (κ1) is 16.5. The molecule has 0 unspecified atom stereocenters. The van der Waals surface area contributed by atoms with Crippen LogP contribution in [0.5, 0.6) is 5.75 Å². The molecule has 122 valence electrons. The first-order valence-corrected chi connectivity index (χ1v) is 6.37. The molecule has 1 aromatic heterocycles. The molecule has 0 aliphatic carbocycles. The van der Waals surface area contributed by atoms with Crippen molar-refractivity contribution in [1.29, 1.82) is 0 Å². The second-order valence-corrected chi connectivity index (χ2v) is 4.63. The zero-order valence-electron chi connectivity index (χ0n) is 12.1. The molecule has 2 rings (SSSR count). The number of ether oxygens (including phenoxy) is 1. The number of nitrogens with zero attached hydrogens (tertiary/aromatic N) is 2. The average Bonchev–Trinajstić information content (AvgIpc) is 2.80. The molecule has 1 amide bonds. The van der Waals surface area contributed by atoms with Gasteiger partial charge in [0.2, 0.25) is 5.95 Å². The smallest absolute Gasteiger partial charge is 0.427 e. The minimum Gasteiger partial charge on any atom is -0.427 e. The Bertz CT molecular complexity index is 736. The molecule has 1 aromatic carbocycles. The standard InChI is InChI=1S/C14H12F3N3O3/c1-8(21)23-10-5-3-9(4-6-10)12(22)19-13-18-11(7-20(13)2)14(15,16)17/h3-7H,1-2H3,(H,18,19,22). The van der Waals surface area contributed by atoms with Gasteiger partial charge in [-0.25, -0.2) is 4.98 Å². The predicted molar refractivity (Wildman–Crippen MR) is 73.9 cm³/mol. The minimum absolute atomic E-state index is 0.178. The molecule has 0 aliphatic heterocycles. The lowest BCUT2D eigenvalue weighted by Crippen LogP contribution is -2.15. The molecule has 1 heterocycles. The lowest BCUT2D eigenvalue weighted by atomic mass is 10.2. The van der Waals surface area contributed by atoms with Crippen molar-refractivity contribution in [3.63, 3.8) is 0 Å². The van der Waals surface area contributed by atoms with Crippen LogP contribution in [0.15, 0.2) is 30.5 Å². The van der Waals surface area contributed by atoms with Crippen LogP contribution in [0.4, 0.5) is 19.1 Å². The molecular formula is C14H12F3N3O3. The van der Waals surface area contributed by atoms with Gasteiger partial charge in [0.05, 0.1) is 0 Å². The minimum atomic E-state index is -4.59. The number of carbonyl (C=O) groups excluding carboxylic acids is 2. The van der Waals surface area contributed by atoms with Crippen LogP contribution in [0, 0.1) is 0 Å². The summed E-state index contributed by atoms with van der Waals surface area (Å²) in [5.74, 6) is -1.12. The SMILES string of the molecule is CC(=O)Oc1ccc(C(=O)Nc2nc(C(F)(F)F)cn2C)cc1. The number of nitrogens with one attached hydrogen (secondary N) is 1. The van der Waals surface area contributed by atoms with Gasteiger partial charge in [-0.1, -0.05) is 0 Å². The van der Waals surface area contributed by atoms with Crippen LogP contribution in [0.1, 0.15) is 23.0 Å². The molecule has 0 aliphatic rings. The molecule has 1 N–H and O–H groups in total. The Morgan fingerprint density at radius 2 is 1.83 bits per heavy atom. The van der Waals surface area contributed by atoms with Gasteiger partial charge in [-0.05, 0) is 24.3 Å². The zero-order valence-corrected chi connectivity index (χ0v) is 12.1. The van der Waals surface area contributed by atoms with E-state index in [1.165, 1.54) is 38.2 Å². The molecule has 0 bridgehead atoms. The van der Waals surface area contributed by atoms with Gasteiger partial charge < -0.3 is 9.30 Å². The number of rotatable bonds is 3. The third kappa shape index (κ3) is 4.09. The maximum Gasteiger partial charge on any atom is 0.434 e. The van der Waals surface area contributed by atoms with Crippen molar-refractivity contribution < 1.29 is 27.5 Å². The molecule has 6 nitrogen and oxygen atoms in total. The van der Waals surface area contributed by atoms with Gasteiger partial charge in [-0.2, -0.15) is 13.2 Å². The third-order valence-electron chi connectivity index (χ3n) is 2.77. The molecule has 0 spiro atoms. The predicted octanol–water partition coefficient (Wildman–Crippen LogP) is 2.62. The second-order valence-electron chi connectivity index (χ2n) is 4.63. The van der Waals surface area contributed by atoms with E-state index in [9.17, 15) is 22.8 Å². The van der Waals surface area contributed by atoms with Crippen molar-refractivity contribution in [3.8, 4) is 5.75 Å². The van der Waals surface area contributed by atoms with Crippen LogP contribution in [0.25, 0.3) is 0 Å². The van der Waals surface area contributed by atoms with Gasteiger partial charge in [0.1, 0.15) is 5.75 Å². The first-order valence-electron chi connectivity index (χ1n) is 6.37. The van der Waals surface area contributed by atoms with Gasteiger partial charge in [0.25, 0.3) is 5.91 Å². The number of hydrogen-bond acceptors (Lipinski definition) is 4. The van der Waals surface area contributed by atoms with Crippen molar-refractivity contribution in [1.82, 2.24) is 9.55 Å². The summed E-state index contributed by atoms with van der Waals surface area (Å²) in [4.78, 5) is 26.1. The fraction of sp³-hybridized carbons (Fsp3) is 0.214. The number of anilines is 1. The van der Waals surface area contributed by atoms with Gasteiger partial charge in [-0.3, -0.25) is 14.9 Å². The van der Waals surface area contributed by atoms with E-state index in [4.69, 9.17) is 4.74 Å². The number of benzene rings is 1. The number of aromatic nitrogens is 2. The number of alkyl halides is 3. The van der Waals surface area contributed by atoms with E-state index >= 15 is 0 Å². The van der Waals surface area contributed by atoms with Crippen LogP contribution in [0.3, 0.4) is 0 Å². The van der Waals surface area contributed by atoms with Crippen LogP contribution >= 0.6 is 0 Å². The number of amides is 1. The maximum absolute atomic E-state index is 12.6. The summed E-state index contributed by atoms with van der Waals surface area (Å²) in [7, 11) is 1.33. The van der Waals surface area contributed by atoms with Crippen LogP contribution in [-0.2, 0) is 18.0 Å². The summed E-state index contributed by atoms with van der Waals surface area (Å²) in [6.07, 6.45) is -3.81. The Morgan fingerprint density at radius 3 is 2.30 bits per heavy atom. The summed E-state index contributed by atoms with van der Waals surface area (Å²) in [5.41, 5.74) is -0.919. The summed E-state index contributed by atoms with van der Waals surface area (Å²) in [6.45, 7) is 1.24. The van der Waals surface area contributed by atoms with Crippen LogP contribution in [0.2, 0.25) is 0 Å². The maximum atomic E-state index is 12.6. The molecule has 9 heteroatoms. The highest BCUT2D eigenvalue weighted by molar-refractivity contribution is 6.03. The molecule has 0 radical (unpaired) electrons. The third-order valence-corrected chi connectivity index (χ3v) is 2.77. The number of hydrogen-bond donors (Lipinski definition) is 1. The Labute approximate surface area is 128 Å². The highest BCUT2D eigenvalue weighted by Gasteiger charge is 2.34.